The van der Waals surface area contributed by atoms with Gasteiger partial charge in [0.15, 0.2) is 0 Å². The molecule has 0 aliphatic heterocycles. The summed E-state index contributed by atoms with van der Waals surface area (Å²) >= 11 is 0. The van der Waals surface area contributed by atoms with Gasteiger partial charge in [0.2, 0.25) is 0 Å². The second kappa shape index (κ2) is 5.63. The number of nitrogens with one attached hydrogen (secondary N) is 1. The number of ether oxygens (including phenoxy) is 1. The maximum absolute atomic E-state index is 13.5. The van der Waals surface area contributed by atoms with Crippen molar-refractivity contribution < 1.29 is 27.1 Å². The molecule has 7 heteroatoms. The van der Waals surface area contributed by atoms with Crippen LogP contribution in [0.15, 0.2) is 18.2 Å². The summed E-state index contributed by atoms with van der Waals surface area (Å²) in [5.41, 5.74) is -2.15. The summed E-state index contributed by atoms with van der Waals surface area (Å²) in [5, 5.41) is 2.44. The maximum atomic E-state index is 13.5. The van der Waals surface area contributed by atoms with Crippen molar-refractivity contribution in [3.63, 3.8) is 0 Å². The van der Waals surface area contributed by atoms with Gasteiger partial charge in [0.25, 0.3) is 5.91 Å². The van der Waals surface area contributed by atoms with E-state index in [2.05, 4.69) is 5.32 Å². The maximum Gasteiger partial charge on any atom is 0.416 e. The Labute approximate surface area is 119 Å². The molecular formula is C14H15F4NO2. The van der Waals surface area contributed by atoms with Crippen LogP contribution in [0.5, 0.6) is 0 Å². The smallest absolute Gasteiger partial charge is 0.376 e. The van der Waals surface area contributed by atoms with E-state index in [4.69, 9.17) is 4.74 Å². The zero-order valence-corrected chi connectivity index (χ0v) is 11.4. The number of hydrogen-bond acceptors (Lipinski definition) is 2. The zero-order chi connectivity index (χ0) is 15.7. The summed E-state index contributed by atoms with van der Waals surface area (Å²) in [6.07, 6.45) is -2.14. The molecule has 1 amide bonds. The van der Waals surface area contributed by atoms with Crippen LogP contribution < -0.4 is 5.32 Å². The van der Waals surface area contributed by atoms with Crippen LogP contribution in [0.25, 0.3) is 0 Å². The third-order valence-electron chi connectivity index (χ3n) is 3.81. The second-order valence-corrected chi connectivity index (χ2v) is 5.12. The lowest BCUT2D eigenvalue weighted by atomic mass is 9.80. The van der Waals surface area contributed by atoms with Gasteiger partial charge in [0, 0.05) is 13.7 Å². The molecule has 1 fully saturated rings. The summed E-state index contributed by atoms with van der Waals surface area (Å²) in [5.74, 6) is -1.86. The average Bonchev–Trinajstić information content (AvgIpc) is 2.36. The van der Waals surface area contributed by atoms with Crippen LogP contribution in [0.1, 0.15) is 35.2 Å². The molecule has 0 aromatic heterocycles. The number of amides is 1. The van der Waals surface area contributed by atoms with E-state index in [1.807, 2.05) is 0 Å². The van der Waals surface area contributed by atoms with Crippen LogP contribution in [0.4, 0.5) is 17.6 Å². The third kappa shape index (κ3) is 3.34. The molecule has 1 aliphatic rings. The predicted octanol–water partition coefficient (Wildman–Crippen LogP) is 3.14. The SMILES string of the molecule is COC1(CNC(=O)c2cc(C(F)(F)F)ccc2F)CCC1. The van der Waals surface area contributed by atoms with Crippen LogP contribution >= 0.6 is 0 Å². The minimum atomic E-state index is -4.62. The highest BCUT2D eigenvalue weighted by Crippen LogP contribution is 2.34. The monoisotopic (exact) mass is 305 g/mol. The molecule has 0 radical (unpaired) electrons. The first-order chi connectivity index (χ1) is 9.77. The van der Waals surface area contributed by atoms with Crippen LogP contribution in [0.2, 0.25) is 0 Å². The molecule has 1 aromatic rings. The first kappa shape index (κ1) is 15.8. The van der Waals surface area contributed by atoms with Gasteiger partial charge in [-0.3, -0.25) is 4.79 Å². The summed E-state index contributed by atoms with van der Waals surface area (Å²) < 4.78 is 56.6. The lowest BCUT2D eigenvalue weighted by Crippen LogP contribution is -2.49. The van der Waals surface area contributed by atoms with Crippen molar-refractivity contribution >= 4 is 5.91 Å². The quantitative estimate of drug-likeness (QED) is 0.868. The highest BCUT2D eigenvalue weighted by atomic mass is 19.4. The Kier molecular flexibility index (Phi) is 4.22. The van der Waals surface area contributed by atoms with E-state index in [9.17, 15) is 22.4 Å². The van der Waals surface area contributed by atoms with Gasteiger partial charge in [-0.05, 0) is 37.5 Å². The minimum absolute atomic E-state index is 0.151. The van der Waals surface area contributed by atoms with E-state index < -0.39 is 34.6 Å². The van der Waals surface area contributed by atoms with E-state index in [1.165, 1.54) is 7.11 Å². The Bertz CT molecular complexity index is 533. The van der Waals surface area contributed by atoms with Crippen LogP contribution in [0.3, 0.4) is 0 Å². The van der Waals surface area contributed by atoms with Gasteiger partial charge in [0.05, 0.1) is 16.7 Å². The van der Waals surface area contributed by atoms with Gasteiger partial charge in [-0.25, -0.2) is 4.39 Å². The van der Waals surface area contributed by atoms with Gasteiger partial charge in [0.1, 0.15) is 5.82 Å². The van der Waals surface area contributed by atoms with Crippen molar-refractivity contribution in [2.75, 3.05) is 13.7 Å². The molecule has 0 bridgehead atoms. The Morgan fingerprint density at radius 2 is 2.05 bits per heavy atom. The highest BCUT2D eigenvalue weighted by Gasteiger charge is 2.37. The number of rotatable bonds is 4. The van der Waals surface area contributed by atoms with Gasteiger partial charge in [-0.1, -0.05) is 0 Å². The molecule has 2 rings (SSSR count). The van der Waals surface area contributed by atoms with Crippen LogP contribution in [0, 0.1) is 5.82 Å². The highest BCUT2D eigenvalue weighted by molar-refractivity contribution is 5.94. The van der Waals surface area contributed by atoms with E-state index in [-0.39, 0.29) is 6.54 Å². The first-order valence-corrected chi connectivity index (χ1v) is 6.47. The fourth-order valence-corrected chi connectivity index (χ4v) is 2.24. The molecule has 1 aromatic carbocycles. The van der Waals surface area contributed by atoms with Gasteiger partial charge >= 0.3 is 6.18 Å². The molecule has 0 unspecified atom stereocenters. The van der Waals surface area contributed by atoms with Crippen molar-refractivity contribution in [2.45, 2.75) is 31.0 Å². The number of halogens is 4. The molecule has 0 heterocycles. The summed E-state index contributed by atoms with van der Waals surface area (Å²) in [6, 6.07) is 1.77. The van der Waals surface area contributed by atoms with Crippen molar-refractivity contribution in [3.8, 4) is 0 Å². The largest absolute Gasteiger partial charge is 0.416 e. The molecule has 3 nitrogen and oxygen atoms in total. The van der Waals surface area contributed by atoms with Gasteiger partial charge in [-0.2, -0.15) is 13.2 Å². The first-order valence-electron chi connectivity index (χ1n) is 6.47. The number of benzene rings is 1. The molecule has 116 valence electrons. The fourth-order valence-electron chi connectivity index (χ4n) is 2.24. The minimum Gasteiger partial charge on any atom is -0.376 e. The molecule has 1 aliphatic carbocycles. The summed E-state index contributed by atoms with van der Waals surface area (Å²) in [7, 11) is 1.51. The molecule has 1 saturated carbocycles. The van der Waals surface area contributed by atoms with Crippen molar-refractivity contribution in [2.24, 2.45) is 0 Å². The summed E-state index contributed by atoms with van der Waals surface area (Å²) in [6.45, 7) is 0.151. The molecule has 0 spiro atoms. The Morgan fingerprint density at radius 3 is 2.52 bits per heavy atom. The lowest BCUT2D eigenvalue weighted by Gasteiger charge is -2.40. The number of carbonyl (C=O) groups is 1. The number of carbonyl (C=O) groups excluding carboxylic acids is 1. The van der Waals surface area contributed by atoms with Gasteiger partial charge in [-0.15, -0.1) is 0 Å². The second-order valence-electron chi connectivity index (χ2n) is 5.12. The van der Waals surface area contributed by atoms with Crippen molar-refractivity contribution in [1.29, 1.82) is 0 Å². The van der Waals surface area contributed by atoms with E-state index >= 15 is 0 Å². The van der Waals surface area contributed by atoms with E-state index in [1.54, 1.807) is 0 Å². The van der Waals surface area contributed by atoms with Crippen molar-refractivity contribution in [1.82, 2.24) is 5.32 Å². The summed E-state index contributed by atoms with van der Waals surface area (Å²) in [4.78, 5) is 11.9. The molecular weight excluding hydrogens is 290 g/mol. The third-order valence-corrected chi connectivity index (χ3v) is 3.81. The lowest BCUT2D eigenvalue weighted by molar-refractivity contribution is -0.137. The average molecular weight is 305 g/mol. The zero-order valence-electron chi connectivity index (χ0n) is 11.4. The fraction of sp³-hybridized carbons (Fsp3) is 0.500. The van der Waals surface area contributed by atoms with E-state index in [0.717, 1.165) is 19.3 Å². The number of methoxy groups -OCH3 is 1. The molecule has 1 N–H and O–H groups in total. The van der Waals surface area contributed by atoms with Crippen LogP contribution in [-0.4, -0.2) is 25.2 Å². The predicted molar refractivity (Wildman–Crippen MR) is 67.3 cm³/mol. The molecule has 0 saturated heterocycles. The topological polar surface area (TPSA) is 38.3 Å². The van der Waals surface area contributed by atoms with E-state index in [0.29, 0.717) is 18.2 Å². The number of alkyl halides is 3. The Hall–Kier alpha value is -1.63. The molecule has 21 heavy (non-hydrogen) atoms. The van der Waals surface area contributed by atoms with Gasteiger partial charge < -0.3 is 10.1 Å². The normalized spacial score (nSPS) is 17.2. The Morgan fingerprint density at radius 1 is 1.38 bits per heavy atom. The standard InChI is InChI=1S/C14H15F4NO2/c1-21-13(5-2-6-13)8-19-12(20)10-7-9(14(16,17)18)3-4-11(10)15/h3-4,7H,2,5-6,8H2,1H3,(H,19,20). The number of hydrogen-bond donors (Lipinski definition) is 1. The Balaban J connectivity index is 2.11. The van der Waals surface area contributed by atoms with Crippen molar-refractivity contribution in [3.05, 3.63) is 35.1 Å². The van der Waals surface area contributed by atoms with Crippen LogP contribution in [-0.2, 0) is 10.9 Å². The molecule has 0 atom stereocenters.